The van der Waals surface area contributed by atoms with Crippen molar-refractivity contribution in [1.82, 2.24) is 9.88 Å². The normalized spacial score (nSPS) is 14.7. The highest BCUT2D eigenvalue weighted by Gasteiger charge is 2.25. The molecule has 146 valence electrons. The first-order valence-corrected chi connectivity index (χ1v) is 9.69. The Kier molecular flexibility index (Phi) is 4.94. The van der Waals surface area contributed by atoms with Gasteiger partial charge in [0, 0.05) is 49.3 Å². The molecule has 0 bridgehead atoms. The highest BCUT2D eigenvalue weighted by molar-refractivity contribution is 6.06. The van der Waals surface area contributed by atoms with Gasteiger partial charge in [-0.1, -0.05) is 18.2 Å². The Balaban J connectivity index is 1.48. The number of anilines is 2. The molecule has 0 aliphatic carbocycles. The molecular formula is C22H25FN4O. The molecule has 1 amide bonds. The van der Waals surface area contributed by atoms with Gasteiger partial charge in [-0.15, -0.1) is 0 Å². The number of piperazine rings is 1. The summed E-state index contributed by atoms with van der Waals surface area (Å²) in [6, 6.07) is 12.9. The van der Waals surface area contributed by atoms with Crippen molar-refractivity contribution >= 4 is 28.2 Å². The van der Waals surface area contributed by atoms with Gasteiger partial charge < -0.3 is 20.1 Å². The number of nitrogens with zero attached hydrogens (tertiary/aromatic N) is 2. The van der Waals surface area contributed by atoms with Crippen LogP contribution in [0.3, 0.4) is 0 Å². The number of halogens is 1. The molecule has 28 heavy (non-hydrogen) atoms. The van der Waals surface area contributed by atoms with Gasteiger partial charge in [0.2, 0.25) is 0 Å². The number of hydrogen-bond acceptors (Lipinski definition) is 3. The minimum absolute atomic E-state index is 0.0525. The van der Waals surface area contributed by atoms with E-state index in [1.165, 1.54) is 6.07 Å². The van der Waals surface area contributed by atoms with Crippen LogP contribution in [0.25, 0.3) is 10.9 Å². The van der Waals surface area contributed by atoms with Crippen LogP contribution in [-0.2, 0) is 0 Å². The minimum Gasteiger partial charge on any atom is -0.381 e. The summed E-state index contributed by atoms with van der Waals surface area (Å²) >= 11 is 0. The van der Waals surface area contributed by atoms with E-state index >= 15 is 0 Å². The average Bonchev–Trinajstić information content (AvgIpc) is 3.11. The molecule has 0 atom stereocenters. The highest BCUT2D eigenvalue weighted by atomic mass is 19.1. The molecule has 6 heteroatoms. The third-order valence-electron chi connectivity index (χ3n) is 5.13. The molecule has 1 saturated heterocycles. The molecule has 4 rings (SSSR count). The molecule has 2 N–H and O–H groups in total. The van der Waals surface area contributed by atoms with Gasteiger partial charge >= 0.3 is 0 Å². The summed E-state index contributed by atoms with van der Waals surface area (Å²) < 4.78 is 13.7. The summed E-state index contributed by atoms with van der Waals surface area (Å²) in [6.45, 7) is 6.77. The largest absolute Gasteiger partial charge is 0.381 e. The predicted octanol–water partition coefficient (Wildman–Crippen LogP) is 4.09. The smallest absolute Gasteiger partial charge is 0.256 e. The molecule has 2 aromatic carbocycles. The maximum absolute atomic E-state index is 13.7. The van der Waals surface area contributed by atoms with Crippen LogP contribution in [-0.4, -0.2) is 48.0 Å². The lowest BCUT2D eigenvalue weighted by atomic mass is 10.1. The number of carbonyl (C=O) groups is 1. The Morgan fingerprint density at radius 3 is 2.61 bits per heavy atom. The van der Waals surface area contributed by atoms with Crippen LogP contribution >= 0.6 is 0 Å². The molecule has 1 aromatic heterocycles. The molecular weight excluding hydrogens is 355 g/mol. The summed E-state index contributed by atoms with van der Waals surface area (Å²) in [6.07, 6.45) is 1.80. The summed E-state index contributed by atoms with van der Waals surface area (Å²) in [4.78, 5) is 20.3. The van der Waals surface area contributed by atoms with E-state index in [9.17, 15) is 9.18 Å². The van der Waals surface area contributed by atoms with Crippen LogP contribution in [0.1, 0.15) is 24.2 Å². The summed E-state index contributed by atoms with van der Waals surface area (Å²) in [7, 11) is 0. The lowest BCUT2D eigenvalue weighted by Gasteiger charge is -2.37. The fraction of sp³-hybridized carbons (Fsp3) is 0.318. The van der Waals surface area contributed by atoms with Crippen LogP contribution in [0.15, 0.2) is 48.7 Å². The number of aromatic amines is 1. The van der Waals surface area contributed by atoms with Crippen molar-refractivity contribution in [2.45, 2.75) is 19.9 Å². The Morgan fingerprint density at radius 2 is 1.86 bits per heavy atom. The van der Waals surface area contributed by atoms with Crippen LogP contribution in [0, 0.1) is 5.82 Å². The maximum Gasteiger partial charge on any atom is 0.256 e. The van der Waals surface area contributed by atoms with Crippen molar-refractivity contribution in [3.05, 3.63) is 60.0 Å². The van der Waals surface area contributed by atoms with E-state index in [1.807, 2.05) is 49.1 Å². The highest BCUT2D eigenvalue weighted by Crippen LogP contribution is 2.29. The Morgan fingerprint density at radius 1 is 1.11 bits per heavy atom. The monoisotopic (exact) mass is 380 g/mol. The lowest BCUT2D eigenvalue weighted by Crippen LogP contribution is -2.49. The second-order valence-corrected chi connectivity index (χ2v) is 7.49. The third kappa shape index (κ3) is 3.54. The number of aromatic nitrogens is 1. The van der Waals surface area contributed by atoms with E-state index in [2.05, 4.69) is 15.2 Å². The standard InChI is InChI=1S/C22H25FN4O/c1-15(2)25-20-13-16(23)7-8-21(20)26-9-11-27(12-10-26)22(28)18-14-24-19-6-4-3-5-17(18)19/h3-8,13-15,24-25H,9-12H2,1-2H3. The average molecular weight is 380 g/mol. The van der Waals surface area contributed by atoms with Crippen molar-refractivity contribution < 1.29 is 9.18 Å². The number of carbonyl (C=O) groups excluding carboxylic acids is 1. The molecule has 0 radical (unpaired) electrons. The number of para-hydroxylation sites is 1. The second-order valence-electron chi connectivity index (χ2n) is 7.49. The molecule has 0 saturated carbocycles. The van der Waals surface area contributed by atoms with Crippen molar-refractivity contribution in [1.29, 1.82) is 0 Å². The van der Waals surface area contributed by atoms with Crippen LogP contribution in [0.2, 0.25) is 0 Å². The van der Waals surface area contributed by atoms with Crippen LogP contribution in [0.4, 0.5) is 15.8 Å². The zero-order valence-electron chi connectivity index (χ0n) is 16.2. The van der Waals surface area contributed by atoms with Crippen LogP contribution in [0.5, 0.6) is 0 Å². The summed E-state index contributed by atoms with van der Waals surface area (Å²) in [5.41, 5.74) is 3.47. The van der Waals surface area contributed by atoms with E-state index < -0.39 is 0 Å². The number of amides is 1. The number of nitrogens with one attached hydrogen (secondary N) is 2. The predicted molar refractivity (Wildman–Crippen MR) is 112 cm³/mol. The van der Waals surface area contributed by atoms with E-state index in [-0.39, 0.29) is 17.8 Å². The Labute approximate surface area is 164 Å². The Bertz CT molecular complexity index is 989. The van der Waals surface area contributed by atoms with E-state index in [0.29, 0.717) is 31.7 Å². The van der Waals surface area contributed by atoms with Crippen molar-refractivity contribution in [2.75, 3.05) is 36.4 Å². The van der Waals surface area contributed by atoms with Gasteiger partial charge in [-0.2, -0.15) is 0 Å². The van der Waals surface area contributed by atoms with Gasteiger partial charge in [-0.05, 0) is 38.1 Å². The molecule has 3 aromatic rings. The fourth-order valence-electron chi connectivity index (χ4n) is 3.78. The van der Waals surface area contributed by atoms with Gasteiger partial charge in [0.15, 0.2) is 0 Å². The van der Waals surface area contributed by atoms with Gasteiger partial charge in [0.25, 0.3) is 5.91 Å². The lowest BCUT2D eigenvalue weighted by molar-refractivity contribution is 0.0749. The summed E-state index contributed by atoms with van der Waals surface area (Å²) in [5.74, 6) is -0.197. The fourth-order valence-corrected chi connectivity index (χ4v) is 3.78. The van der Waals surface area contributed by atoms with Gasteiger partial charge in [-0.25, -0.2) is 4.39 Å². The number of hydrogen-bond donors (Lipinski definition) is 2. The molecule has 5 nitrogen and oxygen atoms in total. The van der Waals surface area contributed by atoms with E-state index in [1.54, 1.807) is 12.3 Å². The molecule has 0 unspecified atom stereocenters. The number of benzene rings is 2. The van der Waals surface area contributed by atoms with Crippen molar-refractivity contribution in [3.8, 4) is 0 Å². The van der Waals surface area contributed by atoms with E-state index in [4.69, 9.17) is 0 Å². The minimum atomic E-state index is -0.250. The molecule has 1 aliphatic rings. The molecule has 2 heterocycles. The molecule has 1 fully saturated rings. The number of H-pyrrole nitrogens is 1. The zero-order chi connectivity index (χ0) is 19.7. The number of fused-ring (bicyclic) bond motifs is 1. The van der Waals surface area contributed by atoms with Crippen LogP contribution < -0.4 is 10.2 Å². The SMILES string of the molecule is CC(C)Nc1cc(F)ccc1N1CCN(C(=O)c2c[nH]c3ccccc23)CC1. The van der Waals surface area contributed by atoms with Crippen molar-refractivity contribution in [2.24, 2.45) is 0 Å². The molecule has 0 spiro atoms. The van der Waals surface area contributed by atoms with Crippen molar-refractivity contribution in [3.63, 3.8) is 0 Å². The van der Waals surface area contributed by atoms with Gasteiger partial charge in [-0.3, -0.25) is 4.79 Å². The third-order valence-corrected chi connectivity index (χ3v) is 5.13. The summed E-state index contributed by atoms with van der Waals surface area (Å²) in [5, 5.41) is 4.28. The first-order chi connectivity index (χ1) is 13.5. The van der Waals surface area contributed by atoms with Gasteiger partial charge in [0.1, 0.15) is 5.82 Å². The maximum atomic E-state index is 13.7. The second kappa shape index (κ2) is 7.54. The first kappa shape index (κ1) is 18.3. The van der Waals surface area contributed by atoms with Gasteiger partial charge in [0.05, 0.1) is 16.9 Å². The first-order valence-electron chi connectivity index (χ1n) is 9.69. The van der Waals surface area contributed by atoms with E-state index in [0.717, 1.165) is 22.3 Å². The zero-order valence-corrected chi connectivity index (χ0v) is 16.2. The number of rotatable bonds is 4. The molecule has 1 aliphatic heterocycles. The quantitative estimate of drug-likeness (QED) is 0.717. The Hall–Kier alpha value is -3.02. The topological polar surface area (TPSA) is 51.4 Å².